The van der Waals surface area contributed by atoms with Gasteiger partial charge in [0.25, 0.3) is 0 Å². The number of rotatable bonds is 3. The smallest absolute Gasteiger partial charge is 0.243 e. The predicted molar refractivity (Wildman–Crippen MR) is 76.2 cm³/mol. The van der Waals surface area contributed by atoms with Crippen molar-refractivity contribution < 1.29 is 23.8 Å². The number of methoxy groups -OCH3 is 2. The highest BCUT2D eigenvalue weighted by Crippen LogP contribution is 2.53. The lowest BCUT2D eigenvalue weighted by molar-refractivity contribution is -0.181. The number of amides is 2. The van der Waals surface area contributed by atoms with Crippen LogP contribution in [0.1, 0.15) is 0 Å². The molecule has 3 aliphatic heterocycles. The van der Waals surface area contributed by atoms with Gasteiger partial charge in [-0.3, -0.25) is 9.59 Å². The molecule has 3 aliphatic rings. The van der Waals surface area contributed by atoms with Crippen molar-refractivity contribution in [2.24, 2.45) is 11.8 Å². The third-order valence-electron chi connectivity index (χ3n) is 4.62. The molecule has 4 unspecified atom stereocenters. The minimum atomic E-state index is -1.13. The van der Waals surface area contributed by atoms with Gasteiger partial charge < -0.3 is 14.2 Å². The fourth-order valence-electron chi connectivity index (χ4n) is 3.63. The number of carbonyl (C=O) groups excluding carboxylic acids is 2. The standard InChI is InChI=1S/C16H15NO5/c1-20-10-6-4-3-5-9(10)17-14(18)12-11-7-8-16(21-2,22-11)13(12)15(17)19/h3-8,11-13H,1-2H3. The van der Waals surface area contributed by atoms with E-state index in [2.05, 4.69) is 0 Å². The second kappa shape index (κ2) is 4.41. The summed E-state index contributed by atoms with van der Waals surface area (Å²) < 4.78 is 16.4. The van der Waals surface area contributed by atoms with Gasteiger partial charge in [0.1, 0.15) is 11.7 Å². The topological polar surface area (TPSA) is 65.1 Å². The van der Waals surface area contributed by atoms with Crippen LogP contribution in [0.2, 0.25) is 0 Å². The maximum Gasteiger partial charge on any atom is 0.243 e. The van der Waals surface area contributed by atoms with E-state index in [1.165, 1.54) is 19.1 Å². The van der Waals surface area contributed by atoms with Crippen LogP contribution in [0.3, 0.4) is 0 Å². The van der Waals surface area contributed by atoms with Crippen LogP contribution in [-0.4, -0.2) is 37.9 Å². The molecule has 0 aliphatic carbocycles. The number of para-hydroxylation sites is 2. The molecule has 2 amide bonds. The lowest BCUT2D eigenvalue weighted by Gasteiger charge is -2.27. The van der Waals surface area contributed by atoms with Crippen molar-refractivity contribution in [3.63, 3.8) is 0 Å². The Kier molecular flexibility index (Phi) is 2.70. The fraction of sp³-hybridized carbons (Fsp3) is 0.375. The molecule has 0 saturated carbocycles. The summed E-state index contributed by atoms with van der Waals surface area (Å²) in [5.74, 6) is -2.41. The minimum Gasteiger partial charge on any atom is -0.495 e. The van der Waals surface area contributed by atoms with Crippen molar-refractivity contribution in [2.45, 2.75) is 11.9 Å². The molecule has 1 aromatic rings. The molecule has 114 valence electrons. The Morgan fingerprint density at radius 1 is 1.18 bits per heavy atom. The molecule has 4 atom stereocenters. The van der Waals surface area contributed by atoms with Gasteiger partial charge in [0.2, 0.25) is 17.6 Å². The van der Waals surface area contributed by atoms with Crippen LogP contribution < -0.4 is 9.64 Å². The summed E-state index contributed by atoms with van der Waals surface area (Å²) >= 11 is 0. The quantitative estimate of drug-likeness (QED) is 0.618. The van der Waals surface area contributed by atoms with Gasteiger partial charge in [0.15, 0.2) is 0 Å². The molecule has 6 heteroatoms. The fourth-order valence-corrected chi connectivity index (χ4v) is 3.63. The van der Waals surface area contributed by atoms with E-state index in [-0.39, 0.29) is 11.8 Å². The van der Waals surface area contributed by atoms with Gasteiger partial charge in [0, 0.05) is 7.11 Å². The van der Waals surface area contributed by atoms with Crippen LogP contribution in [0.15, 0.2) is 36.4 Å². The van der Waals surface area contributed by atoms with E-state index in [1.807, 2.05) is 0 Å². The summed E-state index contributed by atoms with van der Waals surface area (Å²) in [7, 11) is 2.99. The molecular weight excluding hydrogens is 286 g/mol. The van der Waals surface area contributed by atoms with Gasteiger partial charge in [-0.05, 0) is 18.2 Å². The van der Waals surface area contributed by atoms with Gasteiger partial charge in [-0.2, -0.15) is 0 Å². The molecule has 22 heavy (non-hydrogen) atoms. The highest BCUT2D eigenvalue weighted by Gasteiger charge is 2.68. The monoisotopic (exact) mass is 301 g/mol. The van der Waals surface area contributed by atoms with Crippen molar-refractivity contribution in [3.05, 3.63) is 36.4 Å². The van der Waals surface area contributed by atoms with Crippen LogP contribution in [0.25, 0.3) is 0 Å². The second-order valence-electron chi connectivity index (χ2n) is 5.55. The summed E-state index contributed by atoms with van der Waals surface area (Å²) in [6.45, 7) is 0. The number of hydrogen-bond donors (Lipinski definition) is 0. The number of carbonyl (C=O) groups is 2. The molecule has 2 saturated heterocycles. The zero-order valence-electron chi connectivity index (χ0n) is 12.2. The summed E-state index contributed by atoms with van der Waals surface area (Å²) in [4.78, 5) is 26.9. The van der Waals surface area contributed by atoms with E-state index in [0.717, 1.165) is 0 Å². The van der Waals surface area contributed by atoms with Crippen molar-refractivity contribution >= 4 is 17.5 Å². The maximum absolute atomic E-state index is 12.9. The first-order valence-corrected chi connectivity index (χ1v) is 7.06. The summed E-state index contributed by atoms with van der Waals surface area (Å²) in [6.07, 6.45) is 3.11. The molecule has 0 radical (unpaired) electrons. The number of nitrogens with zero attached hydrogens (tertiary/aromatic N) is 1. The molecule has 4 rings (SSSR count). The van der Waals surface area contributed by atoms with Crippen LogP contribution >= 0.6 is 0 Å². The average Bonchev–Trinajstić information content (AvgIpc) is 3.18. The first-order chi connectivity index (χ1) is 10.6. The number of benzene rings is 1. The highest BCUT2D eigenvalue weighted by molar-refractivity contribution is 6.23. The Morgan fingerprint density at radius 3 is 2.68 bits per heavy atom. The van der Waals surface area contributed by atoms with Crippen LogP contribution in [0, 0.1) is 11.8 Å². The summed E-state index contributed by atoms with van der Waals surface area (Å²) in [5, 5.41) is 0. The Hall–Kier alpha value is -2.18. The number of ether oxygens (including phenoxy) is 3. The molecule has 2 fully saturated rings. The van der Waals surface area contributed by atoms with Crippen molar-refractivity contribution in [1.82, 2.24) is 0 Å². The van der Waals surface area contributed by atoms with Crippen LogP contribution in [0.5, 0.6) is 5.75 Å². The molecule has 0 spiro atoms. The van der Waals surface area contributed by atoms with E-state index < -0.39 is 23.7 Å². The molecule has 3 heterocycles. The highest BCUT2D eigenvalue weighted by atomic mass is 16.7. The Bertz CT molecular complexity index is 700. The Labute approximate surface area is 127 Å². The van der Waals surface area contributed by atoms with Gasteiger partial charge in [-0.15, -0.1) is 0 Å². The lowest BCUT2D eigenvalue weighted by atomic mass is 9.83. The summed E-state index contributed by atoms with van der Waals surface area (Å²) in [6, 6.07) is 6.98. The number of hydrogen-bond acceptors (Lipinski definition) is 5. The number of fused-ring (bicyclic) bond motifs is 5. The largest absolute Gasteiger partial charge is 0.495 e. The second-order valence-corrected chi connectivity index (χ2v) is 5.55. The van der Waals surface area contributed by atoms with E-state index in [0.29, 0.717) is 11.4 Å². The Balaban J connectivity index is 1.80. The van der Waals surface area contributed by atoms with Crippen LogP contribution in [0.4, 0.5) is 5.69 Å². The first-order valence-electron chi connectivity index (χ1n) is 7.06. The Morgan fingerprint density at radius 2 is 1.95 bits per heavy atom. The zero-order valence-corrected chi connectivity index (χ0v) is 12.2. The van der Waals surface area contributed by atoms with Crippen molar-refractivity contribution in [2.75, 3.05) is 19.1 Å². The summed E-state index contributed by atoms with van der Waals surface area (Å²) in [5.41, 5.74) is 0.458. The van der Waals surface area contributed by atoms with Gasteiger partial charge in [0.05, 0.1) is 24.8 Å². The SMILES string of the molecule is COc1ccccc1N1C(=O)C2C3C=CC(OC)(O3)C2C1=O. The number of anilines is 1. The van der Waals surface area contributed by atoms with Gasteiger partial charge in [-0.25, -0.2) is 4.90 Å². The van der Waals surface area contributed by atoms with E-state index in [9.17, 15) is 9.59 Å². The van der Waals surface area contributed by atoms with E-state index >= 15 is 0 Å². The first kappa shape index (κ1) is 13.5. The van der Waals surface area contributed by atoms with Crippen molar-refractivity contribution in [3.8, 4) is 5.75 Å². The van der Waals surface area contributed by atoms with Crippen LogP contribution in [-0.2, 0) is 19.1 Å². The van der Waals surface area contributed by atoms with E-state index in [4.69, 9.17) is 14.2 Å². The predicted octanol–water partition coefficient (Wildman–Crippen LogP) is 1.11. The molecule has 2 bridgehead atoms. The van der Waals surface area contributed by atoms with Crippen molar-refractivity contribution in [1.29, 1.82) is 0 Å². The molecule has 6 nitrogen and oxygen atoms in total. The maximum atomic E-state index is 12.9. The normalized spacial score (nSPS) is 35.4. The average molecular weight is 301 g/mol. The minimum absolute atomic E-state index is 0.271. The van der Waals surface area contributed by atoms with Gasteiger partial charge in [-0.1, -0.05) is 18.2 Å². The zero-order chi connectivity index (χ0) is 15.5. The molecule has 1 aromatic carbocycles. The lowest BCUT2D eigenvalue weighted by Crippen LogP contribution is -2.42. The van der Waals surface area contributed by atoms with E-state index in [1.54, 1.807) is 36.4 Å². The third kappa shape index (κ3) is 1.46. The number of imide groups is 1. The third-order valence-corrected chi connectivity index (χ3v) is 4.62. The molecule has 0 N–H and O–H groups in total. The molecular formula is C16H15NO5. The van der Waals surface area contributed by atoms with Gasteiger partial charge >= 0.3 is 0 Å². The molecule has 0 aromatic heterocycles.